The zero-order valence-electron chi connectivity index (χ0n) is 19.3. The van der Waals surface area contributed by atoms with Crippen molar-refractivity contribution in [3.05, 3.63) is 72.1 Å². The number of nitrogens with zero attached hydrogens (tertiary/aromatic N) is 2. The summed E-state index contributed by atoms with van der Waals surface area (Å²) in [5, 5.41) is 5.91. The number of hydrogen-bond donors (Lipinski definition) is 0. The molecule has 2 heterocycles. The Kier molecular flexibility index (Phi) is 3.92. The molecule has 0 fully saturated rings. The fraction of sp³-hybridized carbons (Fsp3) is 0.241. The summed E-state index contributed by atoms with van der Waals surface area (Å²) in [5.74, 6) is 1.81. The van der Waals surface area contributed by atoms with Crippen LogP contribution in [0.5, 0.6) is 11.5 Å². The van der Waals surface area contributed by atoms with E-state index in [9.17, 15) is 0 Å². The van der Waals surface area contributed by atoms with Crippen molar-refractivity contribution >= 4 is 32.4 Å². The Morgan fingerprint density at radius 3 is 2.50 bits per heavy atom. The number of ether oxygens (including phenoxy) is 1. The van der Waals surface area contributed by atoms with E-state index >= 15 is 0 Å². The standard InChI is InChI=1S/C29H27N2O/c1-17-21-9-7-6-8-19(21)13-23-25(17)28-26-24(32-23)14-20-12-18(15-29(2,3)4)10-11-22(20)27(26)30-16-31(28)5/h6-14,16H,15H2,1-5H3/q+1. The highest BCUT2D eigenvalue weighted by Gasteiger charge is 2.30. The van der Waals surface area contributed by atoms with Crippen molar-refractivity contribution in [3.63, 3.8) is 0 Å². The SMILES string of the molecule is Cc1c2c(cc3ccccc13)Oc1cc3cc(CC(C)(C)C)ccc3c3nc[n+](C)c-2c13. The summed E-state index contributed by atoms with van der Waals surface area (Å²) in [6.07, 6.45) is 2.97. The Balaban J connectivity index is 1.69. The molecule has 5 aromatic rings. The van der Waals surface area contributed by atoms with Gasteiger partial charge in [0.15, 0.2) is 11.2 Å². The lowest BCUT2D eigenvalue weighted by Gasteiger charge is -2.23. The molecule has 1 aromatic heterocycles. The van der Waals surface area contributed by atoms with E-state index in [0.717, 1.165) is 34.4 Å². The highest BCUT2D eigenvalue weighted by Crippen LogP contribution is 2.49. The molecule has 0 spiro atoms. The van der Waals surface area contributed by atoms with Gasteiger partial charge in [-0.2, -0.15) is 0 Å². The molecular formula is C29H27N2O+. The molecule has 3 heteroatoms. The summed E-state index contributed by atoms with van der Waals surface area (Å²) in [4.78, 5) is 4.86. The van der Waals surface area contributed by atoms with Crippen LogP contribution >= 0.6 is 0 Å². The number of aromatic nitrogens is 2. The van der Waals surface area contributed by atoms with E-state index in [1.165, 1.54) is 38.4 Å². The van der Waals surface area contributed by atoms with Gasteiger partial charge in [-0.25, -0.2) is 4.57 Å². The molecule has 0 radical (unpaired) electrons. The van der Waals surface area contributed by atoms with Gasteiger partial charge in [-0.15, -0.1) is 0 Å². The molecule has 0 saturated heterocycles. The normalized spacial score (nSPS) is 12.9. The third-order valence-electron chi connectivity index (χ3n) is 6.55. The van der Waals surface area contributed by atoms with Crippen LogP contribution in [0.4, 0.5) is 0 Å². The minimum Gasteiger partial charge on any atom is -0.456 e. The van der Waals surface area contributed by atoms with E-state index in [2.05, 4.69) is 93.9 Å². The quantitative estimate of drug-likeness (QED) is 0.211. The molecule has 32 heavy (non-hydrogen) atoms. The van der Waals surface area contributed by atoms with Crippen LogP contribution in [-0.2, 0) is 13.5 Å². The molecule has 0 N–H and O–H groups in total. The zero-order valence-corrected chi connectivity index (χ0v) is 19.3. The Hall–Kier alpha value is -3.46. The van der Waals surface area contributed by atoms with Gasteiger partial charge in [0.1, 0.15) is 16.9 Å². The minimum atomic E-state index is 0.242. The number of hydrogen-bond acceptors (Lipinski definition) is 2. The highest BCUT2D eigenvalue weighted by molar-refractivity contribution is 6.14. The van der Waals surface area contributed by atoms with E-state index in [-0.39, 0.29) is 5.41 Å². The topological polar surface area (TPSA) is 26.0 Å². The van der Waals surface area contributed by atoms with E-state index in [0.29, 0.717) is 0 Å². The largest absolute Gasteiger partial charge is 0.456 e. The monoisotopic (exact) mass is 419 g/mol. The first-order chi connectivity index (χ1) is 15.3. The van der Waals surface area contributed by atoms with Crippen LogP contribution in [-0.4, -0.2) is 4.98 Å². The Morgan fingerprint density at radius 2 is 1.69 bits per heavy atom. The summed E-state index contributed by atoms with van der Waals surface area (Å²) in [6.45, 7) is 9.03. The summed E-state index contributed by atoms with van der Waals surface area (Å²) in [6, 6.07) is 19.7. The van der Waals surface area contributed by atoms with Crippen molar-refractivity contribution in [1.82, 2.24) is 4.98 Å². The Bertz CT molecular complexity index is 1570. The highest BCUT2D eigenvalue weighted by atomic mass is 16.5. The molecule has 0 atom stereocenters. The predicted octanol–water partition coefficient (Wildman–Crippen LogP) is 7.04. The van der Waals surface area contributed by atoms with Crippen molar-refractivity contribution in [2.45, 2.75) is 34.1 Å². The molecule has 0 saturated carbocycles. The first kappa shape index (κ1) is 19.2. The lowest BCUT2D eigenvalue weighted by atomic mass is 9.87. The van der Waals surface area contributed by atoms with Crippen LogP contribution in [0.1, 0.15) is 31.9 Å². The van der Waals surface area contributed by atoms with Gasteiger partial charge in [0.2, 0.25) is 0 Å². The third kappa shape index (κ3) is 2.81. The second kappa shape index (κ2) is 6.52. The fourth-order valence-corrected chi connectivity index (χ4v) is 5.25. The Morgan fingerprint density at radius 1 is 0.906 bits per heavy atom. The first-order valence-corrected chi connectivity index (χ1v) is 11.2. The lowest BCUT2D eigenvalue weighted by molar-refractivity contribution is -0.662. The average Bonchev–Trinajstić information content (AvgIpc) is 2.74. The van der Waals surface area contributed by atoms with Crippen LogP contribution in [0.2, 0.25) is 0 Å². The van der Waals surface area contributed by atoms with Crippen molar-refractivity contribution in [2.75, 3.05) is 0 Å². The van der Waals surface area contributed by atoms with Gasteiger partial charge in [0, 0.05) is 5.39 Å². The predicted molar refractivity (Wildman–Crippen MR) is 131 cm³/mol. The molecule has 0 bridgehead atoms. The maximum absolute atomic E-state index is 6.59. The van der Waals surface area contributed by atoms with Gasteiger partial charge in [0.05, 0.1) is 12.6 Å². The molecule has 0 aliphatic carbocycles. The summed E-state index contributed by atoms with van der Waals surface area (Å²) in [5.41, 5.74) is 6.17. The maximum atomic E-state index is 6.59. The summed E-state index contributed by atoms with van der Waals surface area (Å²) >= 11 is 0. The average molecular weight is 420 g/mol. The second-order valence-electron chi connectivity index (χ2n) is 10.3. The maximum Gasteiger partial charge on any atom is 0.287 e. The van der Waals surface area contributed by atoms with E-state index in [1.807, 2.05) is 6.33 Å². The number of aryl methyl sites for hydroxylation is 2. The molecular weight excluding hydrogens is 392 g/mol. The number of rotatable bonds is 1. The van der Waals surface area contributed by atoms with Crippen molar-refractivity contribution < 1.29 is 9.30 Å². The van der Waals surface area contributed by atoms with Gasteiger partial charge < -0.3 is 4.74 Å². The lowest BCUT2D eigenvalue weighted by Crippen LogP contribution is -2.32. The van der Waals surface area contributed by atoms with Gasteiger partial charge in [-0.3, -0.25) is 0 Å². The van der Waals surface area contributed by atoms with E-state index < -0.39 is 0 Å². The number of fused-ring (bicyclic) bond motifs is 5. The summed E-state index contributed by atoms with van der Waals surface area (Å²) in [7, 11) is 2.08. The zero-order chi connectivity index (χ0) is 22.2. The van der Waals surface area contributed by atoms with Gasteiger partial charge in [-0.05, 0) is 69.2 Å². The third-order valence-corrected chi connectivity index (χ3v) is 6.55. The van der Waals surface area contributed by atoms with Crippen LogP contribution in [0, 0.1) is 12.3 Å². The molecule has 1 aliphatic rings. The van der Waals surface area contributed by atoms with Crippen molar-refractivity contribution in [2.24, 2.45) is 12.5 Å². The summed E-state index contributed by atoms with van der Waals surface area (Å²) < 4.78 is 8.72. The van der Waals surface area contributed by atoms with Gasteiger partial charge >= 0.3 is 0 Å². The van der Waals surface area contributed by atoms with Gasteiger partial charge in [-0.1, -0.05) is 57.2 Å². The van der Waals surface area contributed by atoms with E-state index in [1.54, 1.807) is 0 Å². The van der Waals surface area contributed by atoms with Gasteiger partial charge in [0.25, 0.3) is 6.33 Å². The smallest absolute Gasteiger partial charge is 0.287 e. The van der Waals surface area contributed by atoms with Crippen molar-refractivity contribution in [1.29, 1.82) is 0 Å². The van der Waals surface area contributed by atoms with Crippen molar-refractivity contribution in [3.8, 4) is 22.8 Å². The molecule has 0 unspecified atom stereocenters. The fourth-order valence-electron chi connectivity index (χ4n) is 5.25. The molecule has 0 amide bonds. The molecule has 6 rings (SSSR count). The van der Waals surface area contributed by atoms with Crippen LogP contribution in [0.3, 0.4) is 0 Å². The Labute approximate surface area is 188 Å². The van der Waals surface area contributed by atoms with Crippen LogP contribution in [0.15, 0.2) is 60.9 Å². The molecule has 158 valence electrons. The molecule has 1 aliphatic heterocycles. The first-order valence-electron chi connectivity index (χ1n) is 11.2. The second-order valence-corrected chi connectivity index (χ2v) is 10.3. The minimum absolute atomic E-state index is 0.242. The number of benzene rings is 4. The van der Waals surface area contributed by atoms with Crippen LogP contribution < -0.4 is 9.30 Å². The van der Waals surface area contributed by atoms with E-state index in [4.69, 9.17) is 9.72 Å². The molecule has 3 nitrogen and oxygen atoms in total. The van der Waals surface area contributed by atoms with Crippen LogP contribution in [0.25, 0.3) is 43.7 Å². The molecule has 4 aromatic carbocycles.